The van der Waals surface area contributed by atoms with Crippen LogP contribution in [-0.4, -0.2) is 28.4 Å². The molecule has 7 nitrogen and oxygen atoms in total. The molecule has 25 heavy (non-hydrogen) atoms. The summed E-state index contributed by atoms with van der Waals surface area (Å²) in [7, 11) is 1.68. The van der Waals surface area contributed by atoms with Crippen molar-refractivity contribution in [2.24, 2.45) is 12.0 Å². The molecule has 1 heterocycles. The highest BCUT2D eigenvalue weighted by atomic mass is 16.6. The standard InChI is InChI=1S/C18H21N3O4/c1-5-25-11-13(3)19-16-9-14(6-7-17(16)21(23)24)15-8-12(2)18(22)20(4)10-15/h6-10H,5,11H2,1-4H3/b19-13+. The Bertz CT molecular complexity index is 858. The Kier molecular flexibility index (Phi) is 5.82. The summed E-state index contributed by atoms with van der Waals surface area (Å²) in [5.41, 5.74) is 2.94. The number of hydrogen-bond donors (Lipinski definition) is 0. The number of aromatic nitrogens is 1. The second-order valence-corrected chi connectivity index (χ2v) is 5.77. The summed E-state index contributed by atoms with van der Waals surface area (Å²) in [6.07, 6.45) is 1.71. The van der Waals surface area contributed by atoms with E-state index in [2.05, 4.69) is 4.99 Å². The Morgan fingerprint density at radius 1 is 1.32 bits per heavy atom. The Morgan fingerprint density at radius 3 is 2.64 bits per heavy atom. The van der Waals surface area contributed by atoms with Crippen LogP contribution in [0.15, 0.2) is 40.2 Å². The number of aryl methyl sites for hydroxylation is 2. The number of nitrogens with zero attached hydrogens (tertiary/aromatic N) is 3. The molecule has 0 radical (unpaired) electrons. The smallest absolute Gasteiger partial charge is 0.294 e. The van der Waals surface area contributed by atoms with Gasteiger partial charge in [0.25, 0.3) is 11.2 Å². The van der Waals surface area contributed by atoms with Crippen LogP contribution >= 0.6 is 0 Å². The second kappa shape index (κ2) is 7.85. The van der Waals surface area contributed by atoms with Gasteiger partial charge in [-0.25, -0.2) is 4.99 Å². The molecule has 0 saturated carbocycles. The SMILES string of the molecule is CCOC/C(C)=N/c1cc(-c2cc(C)c(=O)n(C)c2)ccc1[N+](=O)[O-]. The van der Waals surface area contributed by atoms with E-state index in [0.29, 0.717) is 24.5 Å². The van der Waals surface area contributed by atoms with Crippen LogP contribution in [0.25, 0.3) is 11.1 Å². The van der Waals surface area contributed by atoms with E-state index < -0.39 is 4.92 Å². The third-order valence-electron chi connectivity index (χ3n) is 3.69. The summed E-state index contributed by atoms with van der Waals surface area (Å²) in [4.78, 5) is 27.0. The Morgan fingerprint density at radius 2 is 2.04 bits per heavy atom. The fourth-order valence-electron chi connectivity index (χ4n) is 2.47. The maximum Gasteiger partial charge on any atom is 0.294 e. The summed E-state index contributed by atoms with van der Waals surface area (Å²) >= 11 is 0. The highest BCUT2D eigenvalue weighted by Gasteiger charge is 2.15. The maximum absolute atomic E-state index is 11.8. The fourth-order valence-corrected chi connectivity index (χ4v) is 2.47. The van der Waals surface area contributed by atoms with Gasteiger partial charge in [0.2, 0.25) is 0 Å². The number of rotatable bonds is 6. The molecule has 1 aromatic carbocycles. The summed E-state index contributed by atoms with van der Waals surface area (Å²) < 4.78 is 6.78. The first-order valence-corrected chi connectivity index (χ1v) is 7.91. The zero-order valence-electron chi connectivity index (χ0n) is 14.8. The van der Waals surface area contributed by atoms with E-state index in [9.17, 15) is 14.9 Å². The first-order chi connectivity index (χ1) is 11.8. The number of nitro groups is 1. The van der Waals surface area contributed by atoms with Crippen LogP contribution in [0.4, 0.5) is 11.4 Å². The molecule has 0 amide bonds. The number of pyridine rings is 1. The van der Waals surface area contributed by atoms with Crippen molar-refractivity contribution >= 4 is 17.1 Å². The maximum atomic E-state index is 11.8. The minimum absolute atomic E-state index is 0.0684. The topological polar surface area (TPSA) is 86.7 Å². The van der Waals surface area contributed by atoms with Gasteiger partial charge in [0.05, 0.1) is 11.5 Å². The number of nitro benzene ring substituents is 1. The van der Waals surface area contributed by atoms with Gasteiger partial charge < -0.3 is 9.30 Å². The van der Waals surface area contributed by atoms with Gasteiger partial charge in [0, 0.05) is 37.2 Å². The molecule has 0 unspecified atom stereocenters. The molecule has 132 valence electrons. The van der Waals surface area contributed by atoms with Gasteiger partial charge in [-0.15, -0.1) is 0 Å². The normalized spacial score (nSPS) is 11.6. The summed E-state index contributed by atoms with van der Waals surface area (Å²) in [6, 6.07) is 6.52. The van der Waals surface area contributed by atoms with Gasteiger partial charge in [-0.3, -0.25) is 14.9 Å². The van der Waals surface area contributed by atoms with E-state index in [-0.39, 0.29) is 16.9 Å². The Labute approximate surface area is 145 Å². The lowest BCUT2D eigenvalue weighted by Gasteiger charge is -2.08. The third kappa shape index (κ3) is 4.39. The summed E-state index contributed by atoms with van der Waals surface area (Å²) in [6.45, 7) is 6.24. The van der Waals surface area contributed by atoms with Gasteiger partial charge in [-0.1, -0.05) is 0 Å². The van der Waals surface area contributed by atoms with Crippen LogP contribution in [0.1, 0.15) is 19.4 Å². The lowest BCUT2D eigenvalue weighted by molar-refractivity contribution is -0.384. The predicted octanol–water partition coefficient (Wildman–Crippen LogP) is 3.40. The first-order valence-electron chi connectivity index (χ1n) is 7.91. The number of benzene rings is 1. The van der Waals surface area contributed by atoms with E-state index >= 15 is 0 Å². The quantitative estimate of drug-likeness (QED) is 0.457. The molecular weight excluding hydrogens is 322 g/mol. The van der Waals surface area contributed by atoms with E-state index in [1.165, 1.54) is 10.6 Å². The van der Waals surface area contributed by atoms with Gasteiger partial charge in [-0.2, -0.15) is 0 Å². The van der Waals surface area contributed by atoms with Gasteiger partial charge >= 0.3 is 0 Å². The molecule has 0 fully saturated rings. The van der Waals surface area contributed by atoms with Crippen molar-refractivity contribution < 1.29 is 9.66 Å². The fraction of sp³-hybridized carbons (Fsp3) is 0.333. The van der Waals surface area contributed by atoms with Crippen molar-refractivity contribution in [1.29, 1.82) is 0 Å². The molecule has 0 spiro atoms. The lowest BCUT2D eigenvalue weighted by atomic mass is 10.0. The molecule has 1 aromatic heterocycles. The van der Waals surface area contributed by atoms with E-state index in [4.69, 9.17) is 4.74 Å². The van der Waals surface area contributed by atoms with Crippen molar-refractivity contribution in [2.45, 2.75) is 20.8 Å². The summed E-state index contributed by atoms with van der Waals surface area (Å²) in [5.74, 6) is 0. The van der Waals surface area contributed by atoms with E-state index in [1.54, 1.807) is 45.3 Å². The molecular formula is C18H21N3O4. The van der Waals surface area contributed by atoms with Gasteiger partial charge in [-0.05, 0) is 50.1 Å². The highest BCUT2D eigenvalue weighted by molar-refractivity contribution is 5.87. The molecule has 2 rings (SSSR count). The molecule has 0 aliphatic rings. The minimum atomic E-state index is -0.456. The third-order valence-corrected chi connectivity index (χ3v) is 3.69. The largest absolute Gasteiger partial charge is 0.376 e. The minimum Gasteiger partial charge on any atom is -0.376 e. The zero-order valence-corrected chi connectivity index (χ0v) is 14.8. The predicted molar refractivity (Wildman–Crippen MR) is 97.8 cm³/mol. The van der Waals surface area contributed by atoms with Gasteiger partial charge in [0.1, 0.15) is 5.69 Å². The molecule has 0 aliphatic carbocycles. The number of hydrogen-bond acceptors (Lipinski definition) is 5. The Hall–Kier alpha value is -2.80. The van der Waals surface area contributed by atoms with Crippen LogP contribution in [0.5, 0.6) is 0 Å². The first kappa shape index (κ1) is 18.5. The van der Waals surface area contributed by atoms with Crippen molar-refractivity contribution in [3.05, 3.63) is 56.5 Å². The van der Waals surface area contributed by atoms with Crippen LogP contribution in [0.3, 0.4) is 0 Å². The van der Waals surface area contributed by atoms with E-state index in [0.717, 1.165) is 11.1 Å². The zero-order chi connectivity index (χ0) is 18.6. The molecule has 2 aromatic rings. The summed E-state index contributed by atoms with van der Waals surface area (Å²) in [5, 5.41) is 11.3. The molecule has 0 bridgehead atoms. The molecule has 0 N–H and O–H groups in total. The molecule has 0 aliphatic heterocycles. The molecule has 0 saturated heterocycles. The average molecular weight is 343 g/mol. The van der Waals surface area contributed by atoms with Crippen LogP contribution in [0.2, 0.25) is 0 Å². The monoisotopic (exact) mass is 343 g/mol. The van der Waals surface area contributed by atoms with Crippen molar-refractivity contribution in [2.75, 3.05) is 13.2 Å². The second-order valence-electron chi connectivity index (χ2n) is 5.77. The number of ether oxygens (including phenoxy) is 1. The van der Waals surface area contributed by atoms with Gasteiger partial charge in [0.15, 0.2) is 0 Å². The molecule has 0 atom stereocenters. The van der Waals surface area contributed by atoms with Crippen LogP contribution < -0.4 is 5.56 Å². The average Bonchev–Trinajstić information content (AvgIpc) is 2.57. The van der Waals surface area contributed by atoms with E-state index in [1.807, 2.05) is 6.92 Å². The van der Waals surface area contributed by atoms with Crippen LogP contribution in [0, 0.1) is 17.0 Å². The van der Waals surface area contributed by atoms with Crippen molar-refractivity contribution in [3.63, 3.8) is 0 Å². The lowest BCUT2D eigenvalue weighted by Crippen LogP contribution is -2.18. The van der Waals surface area contributed by atoms with Crippen LogP contribution in [-0.2, 0) is 11.8 Å². The molecule has 7 heteroatoms. The Balaban J connectivity index is 2.54. The van der Waals surface area contributed by atoms with Crippen molar-refractivity contribution in [1.82, 2.24) is 4.57 Å². The number of aliphatic imine (C=N–C) groups is 1. The van der Waals surface area contributed by atoms with Crippen molar-refractivity contribution in [3.8, 4) is 11.1 Å². The highest BCUT2D eigenvalue weighted by Crippen LogP contribution is 2.32.